The van der Waals surface area contributed by atoms with Gasteiger partial charge in [-0.15, -0.1) is 0 Å². The Kier molecular flexibility index (Phi) is 5.41. The van der Waals surface area contributed by atoms with E-state index in [0.717, 1.165) is 11.1 Å². The Morgan fingerprint density at radius 3 is 2.56 bits per heavy atom. The number of halogens is 1. The lowest BCUT2D eigenvalue weighted by molar-refractivity contribution is -0.132. The molecule has 0 radical (unpaired) electrons. The Balaban J connectivity index is 1.96. The molecule has 0 bridgehead atoms. The summed E-state index contributed by atoms with van der Waals surface area (Å²) < 4.78 is 16.2. The SMILES string of the molecule is COc1cc(/C=C2/N=C(c3ccc(C)cc3)OC2=O)cc(Br)c1OC(C)=O. The molecule has 0 aromatic heterocycles. The number of carbonyl (C=O) groups is 2. The molecule has 2 aromatic rings. The van der Waals surface area contributed by atoms with Crippen LogP contribution in [-0.2, 0) is 14.3 Å². The van der Waals surface area contributed by atoms with Crippen LogP contribution in [-0.4, -0.2) is 24.9 Å². The number of benzene rings is 2. The maximum absolute atomic E-state index is 12.2. The van der Waals surface area contributed by atoms with Crippen molar-refractivity contribution in [3.8, 4) is 11.5 Å². The number of hydrogen-bond donors (Lipinski definition) is 0. The molecule has 0 amide bonds. The summed E-state index contributed by atoms with van der Waals surface area (Å²) in [5, 5.41) is 0. The molecule has 1 aliphatic rings. The van der Waals surface area contributed by atoms with Gasteiger partial charge in [-0.3, -0.25) is 4.79 Å². The Morgan fingerprint density at radius 2 is 1.93 bits per heavy atom. The molecule has 0 atom stereocenters. The number of esters is 2. The van der Waals surface area contributed by atoms with E-state index in [9.17, 15) is 9.59 Å². The first-order chi connectivity index (χ1) is 12.9. The molecule has 0 saturated carbocycles. The van der Waals surface area contributed by atoms with E-state index in [1.165, 1.54) is 14.0 Å². The molecule has 138 valence electrons. The van der Waals surface area contributed by atoms with E-state index in [4.69, 9.17) is 14.2 Å². The van der Waals surface area contributed by atoms with Crippen molar-refractivity contribution < 1.29 is 23.8 Å². The van der Waals surface area contributed by atoms with Crippen LogP contribution in [0.5, 0.6) is 11.5 Å². The molecule has 6 nitrogen and oxygen atoms in total. The highest BCUT2D eigenvalue weighted by atomic mass is 79.9. The molecule has 0 fully saturated rings. The molecule has 0 N–H and O–H groups in total. The third kappa shape index (κ3) is 4.25. The van der Waals surface area contributed by atoms with E-state index in [-0.39, 0.29) is 17.3 Å². The van der Waals surface area contributed by atoms with Crippen molar-refractivity contribution in [3.05, 3.63) is 63.3 Å². The standard InChI is InChI=1S/C20H16BrNO5/c1-11-4-6-14(7-5-11)19-22-16(20(24)27-19)9-13-8-15(21)18(26-12(2)23)17(10-13)25-3/h4-10H,1-3H3/b16-9+. The van der Waals surface area contributed by atoms with E-state index < -0.39 is 11.9 Å². The molecule has 0 aliphatic carbocycles. The lowest BCUT2D eigenvalue weighted by Crippen LogP contribution is -2.05. The molecule has 0 spiro atoms. The molecule has 1 heterocycles. The minimum atomic E-state index is -0.537. The van der Waals surface area contributed by atoms with Gasteiger partial charge < -0.3 is 14.2 Å². The summed E-state index contributed by atoms with van der Waals surface area (Å²) in [6.45, 7) is 3.28. The predicted molar refractivity (Wildman–Crippen MR) is 104 cm³/mol. The van der Waals surface area contributed by atoms with E-state index in [2.05, 4.69) is 20.9 Å². The summed E-state index contributed by atoms with van der Waals surface area (Å²) in [5.41, 5.74) is 2.63. The number of methoxy groups -OCH3 is 1. The second kappa shape index (κ2) is 7.75. The van der Waals surface area contributed by atoms with Gasteiger partial charge in [0.25, 0.3) is 0 Å². The van der Waals surface area contributed by atoms with E-state index in [0.29, 0.717) is 15.8 Å². The molecule has 7 heteroatoms. The summed E-state index contributed by atoms with van der Waals surface area (Å²) in [7, 11) is 1.46. The summed E-state index contributed by atoms with van der Waals surface area (Å²) in [5.74, 6) is -0.129. The van der Waals surface area contributed by atoms with Crippen LogP contribution in [0.15, 0.2) is 51.6 Å². The average molecular weight is 430 g/mol. The monoisotopic (exact) mass is 429 g/mol. The largest absolute Gasteiger partial charge is 0.493 e. The zero-order valence-electron chi connectivity index (χ0n) is 14.9. The molecular formula is C20H16BrNO5. The number of nitrogens with zero attached hydrogens (tertiary/aromatic N) is 1. The molecule has 2 aromatic carbocycles. The van der Waals surface area contributed by atoms with Gasteiger partial charge in [0.2, 0.25) is 5.90 Å². The molecule has 3 rings (SSSR count). The molecular weight excluding hydrogens is 414 g/mol. The Labute approximate surface area is 164 Å². The first-order valence-corrected chi connectivity index (χ1v) is 8.82. The van der Waals surface area contributed by atoms with Crippen molar-refractivity contribution in [1.82, 2.24) is 0 Å². The maximum atomic E-state index is 12.2. The van der Waals surface area contributed by atoms with Gasteiger partial charge in [0.15, 0.2) is 17.2 Å². The van der Waals surface area contributed by atoms with Gasteiger partial charge in [-0.25, -0.2) is 9.79 Å². The highest BCUT2D eigenvalue weighted by Gasteiger charge is 2.24. The summed E-state index contributed by atoms with van der Waals surface area (Å²) >= 11 is 3.35. The lowest BCUT2D eigenvalue weighted by Gasteiger charge is -2.11. The molecule has 1 aliphatic heterocycles. The summed E-state index contributed by atoms with van der Waals surface area (Å²) in [6, 6.07) is 10.9. The first kappa shape index (κ1) is 18.8. The Bertz CT molecular complexity index is 977. The number of hydrogen-bond acceptors (Lipinski definition) is 6. The number of cyclic esters (lactones) is 1. The number of rotatable bonds is 4. The van der Waals surface area contributed by atoms with Crippen molar-refractivity contribution >= 4 is 39.8 Å². The molecule has 0 saturated heterocycles. The van der Waals surface area contributed by atoms with Crippen LogP contribution in [0.3, 0.4) is 0 Å². The van der Waals surface area contributed by atoms with Crippen molar-refractivity contribution in [2.45, 2.75) is 13.8 Å². The van der Waals surface area contributed by atoms with Crippen LogP contribution in [0, 0.1) is 6.92 Å². The van der Waals surface area contributed by atoms with Crippen LogP contribution in [0.4, 0.5) is 0 Å². The van der Waals surface area contributed by atoms with E-state index in [1.807, 2.05) is 31.2 Å². The van der Waals surface area contributed by atoms with Crippen LogP contribution < -0.4 is 9.47 Å². The first-order valence-electron chi connectivity index (χ1n) is 8.03. The second-order valence-corrected chi connectivity index (χ2v) is 6.68. The average Bonchev–Trinajstić information content (AvgIpc) is 2.98. The van der Waals surface area contributed by atoms with Gasteiger partial charge in [0, 0.05) is 12.5 Å². The van der Waals surface area contributed by atoms with Gasteiger partial charge in [-0.05, 0) is 58.8 Å². The van der Waals surface area contributed by atoms with Gasteiger partial charge in [-0.1, -0.05) is 17.7 Å². The number of carbonyl (C=O) groups excluding carboxylic acids is 2. The van der Waals surface area contributed by atoms with Crippen LogP contribution in [0.1, 0.15) is 23.6 Å². The third-order valence-electron chi connectivity index (χ3n) is 3.72. The van der Waals surface area contributed by atoms with Gasteiger partial charge in [0.05, 0.1) is 11.6 Å². The number of ether oxygens (including phenoxy) is 3. The smallest absolute Gasteiger partial charge is 0.363 e. The van der Waals surface area contributed by atoms with Gasteiger partial charge >= 0.3 is 11.9 Å². The van der Waals surface area contributed by atoms with E-state index in [1.54, 1.807) is 18.2 Å². The van der Waals surface area contributed by atoms with Gasteiger partial charge in [-0.2, -0.15) is 0 Å². The third-order valence-corrected chi connectivity index (χ3v) is 4.31. The second-order valence-electron chi connectivity index (χ2n) is 5.83. The maximum Gasteiger partial charge on any atom is 0.363 e. The van der Waals surface area contributed by atoms with E-state index >= 15 is 0 Å². The quantitative estimate of drug-likeness (QED) is 0.416. The Morgan fingerprint density at radius 1 is 1.22 bits per heavy atom. The Hall–Kier alpha value is -2.93. The fourth-order valence-corrected chi connectivity index (χ4v) is 2.99. The summed E-state index contributed by atoms with van der Waals surface area (Å²) in [4.78, 5) is 27.7. The zero-order chi connectivity index (χ0) is 19.6. The minimum Gasteiger partial charge on any atom is -0.493 e. The zero-order valence-corrected chi connectivity index (χ0v) is 16.5. The number of aryl methyl sites for hydroxylation is 1. The highest BCUT2D eigenvalue weighted by Crippen LogP contribution is 2.37. The van der Waals surface area contributed by atoms with Gasteiger partial charge in [0.1, 0.15) is 0 Å². The van der Waals surface area contributed by atoms with Crippen molar-refractivity contribution in [2.24, 2.45) is 4.99 Å². The fraction of sp³-hybridized carbons (Fsp3) is 0.150. The lowest BCUT2D eigenvalue weighted by atomic mass is 10.1. The summed E-state index contributed by atoms with van der Waals surface area (Å²) in [6.07, 6.45) is 1.58. The molecule has 27 heavy (non-hydrogen) atoms. The minimum absolute atomic E-state index is 0.166. The van der Waals surface area contributed by atoms with Crippen molar-refractivity contribution in [1.29, 1.82) is 0 Å². The van der Waals surface area contributed by atoms with Crippen molar-refractivity contribution in [3.63, 3.8) is 0 Å². The van der Waals surface area contributed by atoms with Crippen LogP contribution in [0.2, 0.25) is 0 Å². The molecule has 0 unspecified atom stereocenters. The highest BCUT2D eigenvalue weighted by molar-refractivity contribution is 9.10. The van der Waals surface area contributed by atoms with Crippen LogP contribution in [0.25, 0.3) is 6.08 Å². The fourth-order valence-electron chi connectivity index (χ4n) is 2.45. The van der Waals surface area contributed by atoms with Crippen molar-refractivity contribution in [2.75, 3.05) is 7.11 Å². The number of aliphatic imine (C=N–C) groups is 1. The predicted octanol–water partition coefficient (Wildman–Crippen LogP) is 4.04. The normalized spacial score (nSPS) is 14.7. The topological polar surface area (TPSA) is 74.2 Å². The van der Waals surface area contributed by atoms with Crippen LogP contribution >= 0.6 is 15.9 Å².